The first-order chi connectivity index (χ1) is 13.6. The Morgan fingerprint density at radius 1 is 1.11 bits per heavy atom. The molecule has 0 spiro atoms. The van der Waals surface area contributed by atoms with E-state index in [0.29, 0.717) is 27.9 Å². The molecule has 1 amide bonds. The highest BCUT2D eigenvalue weighted by Gasteiger charge is 2.17. The zero-order chi connectivity index (χ0) is 20.4. The van der Waals surface area contributed by atoms with Crippen molar-refractivity contribution >= 4 is 23.2 Å². The molecule has 9 nitrogen and oxygen atoms in total. The molecule has 28 heavy (non-hydrogen) atoms. The van der Waals surface area contributed by atoms with Crippen molar-refractivity contribution in [3.05, 3.63) is 17.7 Å². The smallest absolute Gasteiger partial charge is 0.269 e. The molecule has 1 aliphatic heterocycles. The number of thiocarbonyl (C=S) groups is 1. The van der Waals surface area contributed by atoms with Crippen LogP contribution in [0.25, 0.3) is 0 Å². The summed E-state index contributed by atoms with van der Waals surface area (Å²) in [6.45, 7) is 5.56. The van der Waals surface area contributed by atoms with Crippen molar-refractivity contribution in [1.29, 1.82) is 0 Å². The lowest BCUT2D eigenvalue weighted by Crippen LogP contribution is -3.14. The summed E-state index contributed by atoms with van der Waals surface area (Å²) in [5, 5.41) is 3.44. The lowest BCUT2D eigenvalue weighted by Gasteiger charge is -2.23. The van der Waals surface area contributed by atoms with Crippen LogP contribution in [0.2, 0.25) is 0 Å². The van der Waals surface area contributed by atoms with Gasteiger partial charge in [-0.25, -0.2) is 0 Å². The molecule has 10 heteroatoms. The van der Waals surface area contributed by atoms with Gasteiger partial charge in [-0.2, -0.15) is 0 Å². The second-order valence-electron chi connectivity index (χ2n) is 6.21. The van der Waals surface area contributed by atoms with Gasteiger partial charge >= 0.3 is 0 Å². The van der Waals surface area contributed by atoms with E-state index in [0.717, 1.165) is 45.8 Å². The minimum absolute atomic E-state index is 0.348. The third-order valence-corrected chi connectivity index (χ3v) is 4.66. The van der Waals surface area contributed by atoms with E-state index in [-0.39, 0.29) is 5.91 Å². The van der Waals surface area contributed by atoms with Crippen LogP contribution in [0.4, 0.5) is 0 Å². The molecule has 0 aliphatic carbocycles. The Morgan fingerprint density at radius 3 is 2.32 bits per heavy atom. The van der Waals surface area contributed by atoms with Gasteiger partial charge in [0.1, 0.15) is 13.1 Å². The maximum Gasteiger partial charge on any atom is 0.269 e. The van der Waals surface area contributed by atoms with Gasteiger partial charge < -0.3 is 29.2 Å². The van der Waals surface area contributed by atoms with Crippen LogP contribution in [0.3, 0.4) is 0 Å². The summed E-state index contributed by atoms with van der Waals surface area (Å²) in [4.78, 5) is 13.9. The van der Waals surface area contributed by atoms with Crippen molar-refractivity contribution in [2.45, 2.75) is 6.42 Å². The topological polar surface area (TPSA) is 94.5 Å². The number of carbonyl (C=O) groups excluding carboxylic acids is 1. The highest BCUT2D eigenvalue weighted by Crippen LogP contribution is 2.38. The average Bonchev–Trinajstić information content (AvgIpc) is 2.74. The van der Waals surface area contributed by atoms with Crippen LogP contribution in [0.1, 0.15) is 16.8 Å². The van der Waals surface area contributed by atoms with Gasteiger partial charge in [-0.05, 0) is 24.4 Å². The van der Waals surface area contributed by atoms with Gasteiger partial charge in [0.2, 0.25) is 5.75 Å². The monoisotopic (exact) mass is 413 g/mol. The largest absolute Gasteiger partial charge is 0.493 e. The molecule has 0 atom stereocenters. The number of amides is 1. The molecule has 1 saturated heterocycles. The molecule has 2 rings (SSSR count). The molecule has 1 heterocycles. The fourth-order valence-electron chi connectivity index (χ4n) is 2.89. The molecule has 0 radical (unpaired) electrons. The van der Waals surface area contributed by atoms with Crippen molar-refractivity contribution in [1.82, 2.24) is 16.2 Å². The number of methoxy groups -OCH3 is 3. The standard InChI is InChI=1S/C18H28N4O5S/c1-24-14-11-13(12-15(25-2)16(14)26-3)17(23)20-21-18(28)19-5-4-6-22-7-9-27-10-8-22/h11-12H,4-10H2,1-3H3,(H,20,23)(H2,19,21,28)/p+1. The molecule has 4 N–H and O–H groups in total. The normalized spacial score (nSPS) is 14.1. The Bertz CT molecular complexity index is 642. The molecule has 1 aliphatic rings. The maximum atomic E-state index is 12.4. The van der Waals surface area contributed by atoms with Crippen LogP contribution in [0, 0.1) is 0 Å². The van der Waals surface area contributed by atoms with E-state index in [1.165, 1.54) is 21.3 Å². The Morgan fingerprint density at radius 2 is 1.75 bits per heavy atom. The van der Waals surface area contributed by atoms with Crippen molar-refractivity contribution < 1.29 is 28.6 Å². The predicted molar refractivity (Wildman–Crippen MR) is 108 cm³/mol. The fraction of sp³-hybridized carbons (Fsp3) is 0.556. The van der Waals surface area contributed by atoms with Crippen molar-refractivity contribution in [3.8, 4) is 17.2 Å². The second-order valence-corrected chi connectivity index (χ2v) is 6.62. The van der Waals surface area contributed by atoms with Gasteiger partial charge in [0.05, 0.1) is 41.1 Å². The molecule has 0 aromatic heterocycles. The Hall–Kier alpha value is -2.30. The van der Waals surface area contributed by atoms with E-state index in [4.69, 9.17) is 31.2 Å². The Balaban J connectivity index is 1.77. The number of hydrogen-bond donors (Lipinski definition) is 4. The van der Waals surface area contributed by atoms with Crippen molar-refractivity contribution in [2.24, 2.45) is 0 Å². The minimum atomic E-state index is -0.374. The van der Waals surface area contributed by atoms with Crippen LogP contribution in [0.15, 0.2) is 12.1 Å². The number of carbonyl (C=O) groups is 1. The number of rotatable bonds is 8. The third kappa shape index (κ3) is 6.39. The molecule has 0 bridgehead atoms. The SMILES string of the molecule is COc1cc(C(=O)NNC(=S)NCCC[NH+]2CCOCC2)cc(OC)c1OC. The molecule has 0 saturated carbocycles. The number of benzene rings is 1. The van der Waals surface area contributed by atoms with Crippen LogP contribution in [-0.2, 0) is 4.74 Å². The number of quaternary nitrogens is 1. The number of hydrogen-bond acceptors (Lipinski definition) is 6. The van der Waals surface area contributed by atoms with Gasteiger partial charge in [-0.3, -0.25) is 15.6 Å². The first kappa shape index (κ1) is 22.0. The van der Waals surface area contributed by atoms with Crippen molar-refractivity contribution in [3.63, 3.8) is 0 Å². The maximum absolute atomic E-state index is 12.4. The predicted octanol–water partition coefficient (Wildman–Crippen LogP) is -0.873. The van der Waals surface area contributed by atoms with Gasteiger partial charge in [0.15, 0.2) is 16.6 Å². The van der Waals surface area contributed by atoms with Crippen LogP contribution in [0.5, 0.6) is 17.2 Å². The molecule has 156 valence electrons. The van der Waals surface area contributed by atoms with Gasteiger partial charge in [0.25, 0.3) is 5.91 Å². The summed E-state index contributed by atoms with van der Waals surface area (Å²) in [5.74, 6) is 0.854. The number of hydrazine groups is 1. The Labute approximate surface area is 170 Å². The first-order valence-corrected chi connectivity index (χ1v) is 9.55. The number of morpholine rings is 1. The zero-order valence-corrected chi connectivity index (χ0v) is 17.4. The highest BCUT2D eigenvalue weighted by molar-refractivity contribution is 7.80. The van der Waals surface area contributed by atoms with Crippen LogP contribution >= 0.6 is 12.2 Å². The van der Waals surface area contributed by atoms with Crippen LogP contribution in [-0.4, -0.2) is 71.7 Å². The van der Waals surface area contributed by atoms with E-state index in [2.05, 4.69) is 16.2 Å². The second kappa shape index (κ2) is 11.5. The minimum Gasteiger partial charge on any atom is -0.493 e. The van der Waals surface area contributed by atoms with Crippen molar-refractivity contribution in [2.75, 3.05) is 60.7 Å². The summed E-state index contributed by atoms with van der Waals surface area (Å²) in [6, 6.07) is 3.14. The van der Waals surface area contributed by atoms with E-state index in [9.17, 15) is 4.79 Å². The summed E-state index contributed by atoms with van der Waals surface area (Å²) >= 11 is 5.20. The fourth-order valence-corrected chi connectivity index (χ4v) is 3.05. The van der Waals surface area contributed by atoms with Gasteiger partial charge in [-0.1, -0.05) is 0 Å². The summed E-state index contributed by atoms with van der Waals surface area (Å²) in [5.41, 5.74) is 5.61. The summed E-state index contributed by atoms with van der Waals surface area (Å²) in [7, 11) is 4.50. The first-order valence-electron chi connectivity index (χ1n) is 9.14. The highest BCUT2D eigenvalue weighted by atomic mass is 32.1. The summed E-state index contributed by atoms with van der Waals surface area (Å²) in [6.07, 6.45) is 0.984. The lowest BCUT2D eigenvalue weighted by molar-refractivity contribution is -0.908. The van der Waals surface area contributed by atoms with E-state index in [1.54, 1.807) is 17.0 Å². The van der Waals surface area contributed by atoms with E-state index < -0.39 is 0 Å². The average molecular weight is 414 g/mol. The van der Waals surface area contributed by atoms with E-state index in [1.807, 2.05) is 0 Å². The quantitative estimate of drug-likeness (QED) is 0.248. The Kier molecular flexibility index (Phi) is 9.05. The van der Waals surface area contributed by atoms with Crippen LogP contribution < -0.4 is 35.3 Å². The molecule has 0 unspecified atom stereocenters. The third-order valence-electron chi connectivity index (χ3n) is 4.41. The molecular weight excluding hydrogens is 384 g/mol. The number of nitrogens with one attached hydrogen (secondary N) is 4. The molecule has 1 aromatic carbocycles. The zero-order valence-electron chi connectivity index (χ0n) is 16.6. The van der Waals surface area contributed by atoms with Gasteiger partial charge in [0, 0.05) is 18.5 Å². The molecule has 1 aromatic rings. The summed E-state index contributed by atoms with van der Waals surface area (Å²) < 4.78 is 21.1. The molecular formula is C18H29N4O5S+. The van der Waals surface area contributed by atoms with Gasteiger partial charge in [-0.15, -0.1) is 0 Å². The number of ether oxygens (including phenoxy) is 4. The van der Waals surface area contributed by atoms with E-state index >= 15 is 0 Å². The lowest BCUT2D eigenvalue weighted by atomic mass is 10.1. The molecule has 1 fully saturated rings.